The summed E-state index contributed by atoms with van der Waals surface area (Å²) in [6.07, 6.45) is -5.39. The van der Waals surface area contributed by atoms with Crippen molar-refractivity contribution in [1.82, 2.24) is 0 Å². The van der Waals surface area contributed by atoms with Gasteiger partial charge in [0, 0.05) is 16.1 Å². The van der Waals surface area contributed by atoms with E-state index in [2.05, 4.69) is 0 Å². The second kappa shape index (κ2) is 5.96. The van der Waals surface area contributed by atoms with Crippen molar-refractivity contribution in [3.8, 4) is 0 Å². The Balaban J connectivity index is 0.00000225. The van der Waals surface area contributed by atoms with Crippen LogP contribution in [0.5, 0.6) is 0 Å². The topological polar surface area (TPSA) is 26.0 Å². The number of nitrogens with two attached hydrogens (primary N) is 1. The average Bonchev–Trinajstić information content (AvgIpc) is 1.98. The Morgan fingerprint density at radius 3 is 1.94 bits per heavy atom. The molecule has 0 radical (unpaired) electrons. The number of benzene rings is 1. The van der Waals surface area contributed by atoms with Gasteiger partial charge in [-0.3, -0.25) is 0 Å². The smallest absolute Gasteiger partial charge is 0.324 e. The molecule has 0 aromatic heterocycles. The van der Waals surface area contributed by atoms with Gasteiger partial charge in [0.15, 0.2) is 0 Å². The summed E-state index contributed by atoms with van der Waals surface area (Å²) >= 11 is 11.3. The molecule has 0 aliphatic rings. The molecule has 1 aromatic carbocycles. The molecule has 1 atom stereocenters. The van der Waals surface area contributed by atoms with Crippen LogP contribution in [0, 0.1) is 0 Å². The van der Waals surface area contributed by atoms with Gasteiger partial charge in [-0.25, -0.2) is 0 Å². The molecular weight excluding hydrogens is 285 g/mol. The summed E-state index contributed by atoms with van der Waals surface area (Å²) in [5.74, 6) is 0. The maximum Gasteiger partial charge on any atom is 0.390 e. The Morgan fingerprint density at radius 1 is 1.12 bits per heavy atom. The van der Waals surface area contributed by atoms with Crippen molar-refractivity contribution < 1.29 is 13.2 Å². The molecule has 1 nitrogen and oxygen atoms in total. The van der Waals surface area contributed by atoms with Crippen LogP contribution in [0.1, 0.15) is 18.0 Å². The first-order valence-corrected chi connectivity index (χ1v) is 4.82. The van der Waals surface area contributed by atoms with Crippen LogP contribution in [-0.4, -0.2) is 6.18 Å². The van der Waals surface area contributed by atoms with Gasteiger partial charge in [-0.05, 0) is 23.8 Å². The van der Waals surface area contributed by atoms with Crippen LogP contribution in [0.4, 0.5) is 13.2 Å². The van der Waals surface area contributed by atoms with Gasteiger partial charge in [0.05, 0.1) is 6.42 Å². The van der Waals surface area contributed by atoms with E-state index in [9.17, 15) is 13.2 Å². The zero-order valence-corrected chi connectivity index (χ0v) is 10.2. The van der Waals surface area contributed by atoms with E-state index in [-0.39, 0.29) is 28.0 Å². The zero-order valence-electron chi connectivity index (χ0n) is 7.89. The Labute approximate surface area is 107 Å². The average molecular weight is 295 g/mol. The summed E-state index contributed by atoms with van der Waals surface area (Å²) in [5, 5.41) is 0.547. The molecule has 1 rings (SSSR count). The molecule has 2 N–H and O–H groups in total. The van der Waals surface area contributed by atoms with Crippen molar-refractivity contribution in [2.45, 2.75) is 18.6 Å². The Hall–Kier alpha value is -0.160. The number of hydrogen-bond acceptors (Lipinski definition) is 1. The minimum Gasteiger partial charge on any atom is -0.324 e. The van der Waals surface area contributed by atoms with Crippen molar-refractivity contribution in [2.75, 3.05) is 0 Å². The SMILES string of the molecule is Cl.N[C@H](CC(F)(F)F)c1cc(Cl)cc(Cl)c1. The minimum atomic E-state index is -4.30. The highest BCUT2D eigenvalue weighted by molar-refractivity contribution is 6.34. The van der Waals surface area contributed by atoms with Gasteiger partial charge in [0.1, 0.15) is 0 Å². The fraction of sp³-hybridized carbons (Fsp3) is 0.333. The number of rotatable bonds is 2. The van der Waals surface area contributed by atoms with Crippen molar-refractivity contribution in [2.24, 2.45) is 5.73 Å². The van der Waals surface area contributed by atoms with Gasteiger partial charge in [0.2, 0.25) is 0 Å². The van der Waals surface area contributed by atoms with Crippen LogP contribution >= 0.6 is 35.6 Å². The Bertz CT molecular complexity index is 334. The highest BCUT2D eigenvalue weighted by atomic mass is 35.5. The van der Waals surface area contributed by atoms with Crippen LogP contribution in [0.2, 0.25) is 10.0 Å². The van der Waals surface area contributed by atoms with Crippen LogP contribution in [0.3, 0.4) is 0 Å². The highest BCUT2D eigenvalue weighted by Gasteiger charge is 2.31. The third-order valence-corrected chi connectivity index (χ3v) is 2.20. The number of hydrogen-bond donors (Lipinski definition) is 1. The molecule has 0 unspecified atom stereocenters. The Morgan fingerprint density at radius 2 is 1.56 bits per heavy atom. The van der Waals surface area contributed by atoms with Crippen molar-refractivity contribution in [3.05, 3.63) is 33.8 Å². The second-order valence-corrected chi connectivity index (χ2v) is 4.00. The molecule has 0 aliphatic heterocycles. The molecule has 0 heterocycles. The quantitative estimate of drug-likeness (QED) is 0.861. The van der Waals surface area contributed by atoms with E-state index in [0.717, 1.165) is 0 Å². The maximum atomic E-state index is 12.0. The standard InChI is InChI=1S/C9H8Cl2F3N.ClH/c10-6-1-5(2-7(11)3-6)8(15)4-9(12,13)14;/h1-3,8H,4,15H2;1H/t8-;/m1./s1. The van der Waals surface area contributed by atoms with E-state index in [1.807, 2.05) is 0 Å². The molecule has 1 aromatic rings. The van der Waals surface area contributed by atoms with Crippen molar-refractivity contribution in [3.63, 3.8) is 0 Å². The van der Waals surface area contributed by atoms with Gasteiger partial charge in [-0.2, -0.15) is 13.2 Å². The van der Waals surface area contributed by atoms with E-state index >= 15 is 0 Å². The number of alkyl halides is 3. The first kappa shape index (κ1) is 15.8. The maximum absolute atomic E-state index is 12.0. The van der Waals surface area contributed by atoms with Gasteiger partial charge >= 0.3 is 6.18 Å². The fourth-order valence-electron chi connectivity index (χ4n) is 1.16. The first-order chi connectivity index (χ1) is 6.78. The van der Waals surface area contributed by atoms with Crippen LogP contribution in [0.25, 0.3) is 0 Å². The molecule has 0 saturated heterocycles. The van der Waals surface area contributed by atoms with Crippen LogP contribution in [0.15, 0.2) is 18.2 Å². The van der Waals surface area contributed by atoms with Gasteiger partial charge in [0.25, 0.3) is 0 Å². The lowest BCUT2D eigenvalue weighted by atomic mass is 10.0. The van der Waals surface area contributed by atoms with Crippen LogP contribution in [-0.2, 0) is 0 Å². The highest BCUT2D eigenvalue weighted by Crippen LogP contribution is 2.30. The molecule has 0 fully saturated rings. The first-order valence-electron chi connectivity index (χ1n) is 4.06. The van der Waals surface area contributed by atoms with Gasteiger partial charge in [-0.1, -0.05) is 23.2 Å². The third kappa shape index (κ3) is 5.25. The number of halogens is 6. The molecule has 92 valence electrons. The van der Waals surface area contributed by atoms with E-state index in [4.69, 9.17) is 28.9 Å². The third-order valence-electron chi connectivity index (χ3n) is 1.76. The monoisotopic (exact) mass is 293 g/mol. The molecule has 0 bridgehead atoms. The van der Waals surface area contributed by atoms with Crippen molar-refractivity contribution in [1.29, 1.82) is 0 Å². The van der Waals surface area contributed by atoms with Gasteiger partial charge in [-0.15, -0.1) is 12.4 Å². The lowest BCUT2D eigenvalue weighted by Gasteiger charge is -2.14. The van der Waals surface area contributed by atoms with E-state index in [0.29, 0.717) is 0 Å². The summed E-state index contributed by atoms with van der Waals surface area (Å²) in [6, 6.07) is 3.06. The zero-order chi connectivity index (χ0) is 11.6. The molecule has 0 aliphatic carbocycles. The predicted molar refractivity (Wildman–Crippen MR) is 61.3 cm³/mol. The lowest BCUT2D eigenvalue weighted by Crippen LogP contribution is -2.20. The summed E-state index contributed by atoms with van der Waals surface area (Å²) < 4.78 is 36.1. The minimum absolute atomic E-state index is 0. The summed E-state index contributed by atoms with van der Waals surface area (Å²) in [4.78, 5) is 0. The molecule has 0 amide bonds. The summed E-state index contributed by atoms with van der Waals surface area (Å²) in [6.45, 7) is 0. The molecule has 7 heteroatoms. The van der Waals surface area contributed by atoms with E-state index < -0.39 is 18.6 Å². The molecule has 16 heavy (non-hydrogen) atoms. The normalized spacial score (nSPS) is 13.1. The Kier molecular flexibility index (Phi) is 5.90. The molecule has 0 spiro atoms. The predicted octanol–water partition coefficient (Wildman–Crippen LogP) is 4.37. The van der Waals surface area contributed by atoms with Gasteiger partial charge < -0.3 is 5.73 Å². The second-order valence-electron chi connectivity index (χ2n) is 3.13. The molecule has 0 saturated carbocycles. The van der Waals surface area contributed by atoms with Crippen molar-refractivity contribution >= 4 is 35.6 Å². The largest absolute Gasteiger partial charge is 0.390 e. The lowest BCUT2D eigenvalue weighted by molar-refractivity contribution is -0.138. The fourth-order valence-corrected chi connectivity index (χ4v) is 1.70. The van der Waals surface area contributed by atoms with E-state index in [1.165, 1.54) is 18.2 Å². The van der Waals surface area contributed by atoms with E-state index in [1.54, 1.807) is 0 Å². The van der Waals surface area contributed by atoms with Crippen LogP contribution < -0.4 is 5.73 Å². The summed E-state index contributed by atoms with van der Waals surface area (Å²) in [7, 11) is 0. The molecular formula is C9H9Cl3F3N. The summed E-state index contributed by atoms with van der Waals surface area (Å²) in [5.41, 5.74) is 5.66.